The van der Waals surface area contributed by atoms with Crippen molar-refractivity contribution in [3.63, 3.8) is 0 Å². The first-order valence-corrected chi connectivity index (χ1v) is 7.36. The number of aromatic hydroxyl groups is 1. The minimum Gasteiger partial charge on any atom is -0.506 e. The fourth-order valence-corrected chi connectivity index (χ4v) is 3.28. The molecule has 0 radical (unpaired) electrons. The lowest BCUT2D eigenvalue weighted by Gasteiger charge is -2.34. The van der Waals surface area contributed by atoms with Gasteiger partial charge in [0.05, 0.1) is 20.0 Å². The number of fused-ring (bicyclic) bond motifs is 1. The molecule has 1 spiro atoms. The molecule has 7 heteroatoms. The van der Waals surface area contributed by atoms with E-state index in [-0.39, 0.29) is 27.8 Å². The molecule has 1 aliphatic heterocycles. The molecule has 1 aromatic carbocycles. The predicted octanol–water partition coefficient (Wildman–Crippen LogP) is 2.51. The summed E-state index contributed by atoms with van der Waals surface area (Å²) in [7, 11) is 2.82. The summed E-state index contributed by atoms with van der Waals surface area (Å²) in [6.07, 6.45) is 1.64. The molecule has 2 unspecified atom stereocenters. The van der Waals surface area contributed by atoms with Crippen molar-refractivity contribution in [2.75, 3.05) is 14.2 Å². The van der Waals surface area contributed by atoms with Crippen LogP contribution < -0.4 is 9.47 Å². The quantitative estimate of drug-likeness (QED) is 0.834. The molecule has 2 aliphatic rings. The zero-order valence-corrected chi connectivity index (χ0v) is 13.6. The maximum atomic E-state index is 13.0. The Labute approximate surface area is 137 Å². The Hall–Kier alpha value is -2.21. The van der Waals surface area contributed by atoms with E-state index in [1.165, 1.54) is 26.4 Å². The monoisotopic (exact) mass is 338 g/mol. The largest absolute Gasteiger partial charge is 0.506 e. The van der Waals surface area contributed by atoms with Crippen molar-refractivity contribution in [1.82, 2.24) is 0 Å². The van der Waals surface area contributed by atoms with Crippen LogP contribution >= 0.6 is 11.6 Å². The molecule has 2 atom stereocenters. The van der Waals surface area contributed by atoms with Gasteiger partial charge in [-0.2, -0.15) is 0 Å². The van der Waals surface area contributed by atoms with Gasteiger partial charge in [0, 0.05) is 24.5 Å². The van der Waals surface area contributed by atoms with E-state index in [9.17, 15) is 14.7 Å². The molecule has 0 saturated carbocycles. The molecule has 1 N–H and O–H groups in total. The van der Waals surface area contributed by atoms with E-state index in [1.54, 1.807) is 6.92 Å². The fraction of sp³-hybridized carbons (Fsp3) is 0.375. The van der Waals surface area contributed by atoms with Crippen LogP contribution in [0.25, 0.3) is 0 Å². The Morgan fingerprint density at radius 2 is 2.04 bits per heavy atom. The molecule has 0 fully saturated rings. The number of allylic oxidation sites excluding steroid dienone is 1. The molecular formula is C16H15ClO6. The molecule has 122 valence electrons. The molecule has 1 aliphatic carbocycles. The third-order valence-corrected chi connectivity index (χ3v) is 4.70. The first kappa shape index (κ1) is 15.7. The summed E-state index contributed by atoms with van der Waals surface area (Å²) in [5.74, 6) is -1.19. The number of carbonyl (C=O) groups is 2. The first-order chi connectivity index (χ1) is 10.9. The fourth-order valence-electron chi connectivity index (χ4n) is 3.09. The predicted molar refractivity (Wildman–Crippen MR) is 81.2 cm³/mol. The SMILES string of the molecule is COC1=CC(=O)C2(Oc3c(Cl)c(O)cc(OC)c3C2=O)C(C)C1. The lowest BCUT2D eigenvalue weighted by atomic mass is 9.75. The van der Waals surface area contributed by atoms with Gasteiger partial charge in [-0.3, -0.25) is 9.59 Å². The van der Waals surface area contributed by atoms with Gasteiger partial charge in [0.2, 0.25) is 17.2 Å². The average Bonchev–Trinajstić information content (AvgIpc) is 2.84. The van der Waals surface area contributed by atoms with Gasteiger partial charge < -0.3 is 19.3 Å². The van der Waals surface area contributed by atoms with Gasteiger partial charge in [0.1, 0.15) is 22.1 Å². The Bertz CT molecular complexity index is 753. The van der Waals surface area contributed by atoms with Crippen molar-refractivity contribution in [3.05, 3.63) is 28.5 Å². The van der Waals surface area contributed by atoms with Crippen molar-refractivity contribution in [2.45, 2.75) is 18.9 Å². The highest BCUT2D eigenvalue weighted by Crippen LogP contribution is 2.52. The summed E-state index contributed by atoms with van der Waals surface area (Å²) in [5.41, 5.74) is -1.63. The molecule has 0 saturated heterocycles. The highest BCUT2D eigenvalue weighted by molar-refractivity contribution is 6.36. The van der Waals surface area contributed by atoms with Crippen molar-refractivity contribution in [3.8, 4) is 17.2 Å². The van der Waals surface area contributed by atoms with Crippen LogP contribution in [0, 0.1) is 5.92 Å². The molecular weight excluding hydrogens is 324 g/mol. The number of phenolic OH excluding ortho intramolecular Hbond substituents is 1. The smallest absolute Gasteiger partial charge is 0.236 e. The minimum atomic E-state index is -1.70. The van der Waals surface area contributed by atoms with E-state index < -0.39 is 23.1 Å². The number of methoxy groups -OCH3 is 2. The molecule has 3 rings (SSSR count). The number of Topliss-reactive ketones (excluding diaryl/α,β-unsaturated/α-hetero) is 1. The summed E-state index contributed by atoms with van der Waals surface area (Å²) in [6.45, 7) is 1.73. The van der Waals surface area contributed by atoms with Crippen molar-refractivity contribution < 1.29 is 28.9 Å². The number of ether oxygens (including phenoxy) is 3. The zero-order valence-electron chi connectivity index (χ0n) is 12.8. The summed E-state index contributed by atoms with van der Waals surface area (Å²) in [6, 6.07) is 1.23. The maximum Gasteiger partial charge on any atom is 0.236 e. The van der Waals surface area contributed by atoms with Crippen LogP contribution in [0.2, 0.25) is 5.02 Å². The standard InChI is InChI=1S/C16H15ClO6/c1-7-4-8(21-2)5-11(19)16(7)15(20)12-10(22-3)6-9(18)13(17)14(12)23-16/h5-7,18H,4H2,1-3H3. The molecule has 0 amide bonds. The number of phenols is 1. The zero-order chi connectivity index (χ0) is 16.9. The second-order valence-corrected chi connectivity index (χ2v) is 5.95. The number of benzene rings is 1. The highest BCUT2D eigenvalue weighted by atomic mass is 35.5. The van der Waals surface area contributed by atoms with Crippen LogP contribution in [0.3, 0.4) is 0 Å². The number of hydrogen-bond donors (Lipinski definition) is 1. The van der Waals surface area contributed by atoms with E-state index in [0.29, 0.717) is 12.2 Å². The van der Waals surface area contributed by atoms with E-state index in [1.807, 2.05) is 0 Å². The van der Waals surface area contributed by atoms with Gasteiger partial charge >= 0.3 is 0 Å². The summed E-state index contributed by atoms with van der Waals surface area (Å²) in [4.78, 5) is 25.6. The Morgan fingerprint density at radius 1 is 1.35 bits per heavy atom. The van der Waals surface area contributed by atoms with Gasteiger partial charge in [0.15, 0.2) is 5.75 Å². The van der Waals surface area contributed by atoms with Gasteiger partial charge in [-0.1, -0.05) is 18.5 Å². The van der Waals surface area contributed by atoms with Gasteiger partial charge in [0.25, 0.3) is 0 Å². The Morgan fingerprint density at radius 3 is 2.61 bits per heavy atom. The van der Waals surface area contributed by atoms with Crippen LogP contribution in [0.5, 0.6) is 17.2 Å². The number of halogens is 1. The number of hydrogen-bond acceptors (Lipinski definition) is 6. The number of rotatable bonds is 2. The summed E-state index contributed by atoms with van der Waals surface area (Å²) >= 11 is 6.05. The van der Waals surface area contributed by atoms with Crippen LogP contribution in [0.1, 0.15) is 23.7 Å². The minimum absolute atomic E-state index is 0.0250. The Kier molecular flexibility index (Phi) is 3.52. The second-order valence-electron chi connectivity index (χ2n) is 5.57. The Balaban J connectivity index is 2.20. The number of carbonyl (C=O) groups excluding carboxylic acids is 2. The molecule has 1 heterocycles. The van der Waals surface area contributed by atoms with Crippen LogP contribution in [-0.4, -0.2) is 36.5 Å². The normalized spacial score (nSPS) is 25.9. The first-order valence-electron chi connectivity index (χ1n) is 6.99. The molecule has 0 bridgehead atoms. The second kappa shape index (κ2) is 5.16. The number of ketones is 2. The third kappa shape index (κ3) is 1.94. The van der Waals surface area contributed by atoms with E-state index in [0.717, 1.165) is 0 Å². The summed E-state index contributed by atoms with van der Waals surface area (Å²) in [5, 5.41) is 9.74. The van der Waals surface area contributed by atoms with Crippen molar-refractivity contribution in [2.24, 2.45) is 5.92 Å². The van der Waals surface area contributed by atoms with E-state index in [4.69, 9.17) is 25.8 Å². The molecule has 0 aromatic heterocycles. The van der Waals surface area contributed by atoms with Crippen molar-refractivity contribution >= 4 is 23.2 Å². The van der Waals surface area contributed by atoms with Crippen LogP contribution in [-0.2, 0) is 9.53 Å². The van der Waals surface area contributed by atoms with Gasteiger partial charge in [-0.05, 0) is 0 Å². The van der Waals surface area contributed by atoms with E-state index >= 15 is 0 Å². The lowest BCUT2D eigenvalue weighted by Crippen LogP contribution is -2.54. The molecule has 6 nitrogen and oxygen atoms in total. The maximum absolute atomic E-state index is 13.0. The van der Waals surface area contributed by atoms with E-state index in [2.05, 4.69) is 0 Å². The summed E-state index contributed by atoms with van der Waals surface area (Å²) < 4.78 is 16.0. The van der Waals surface area contributed by atoms with Gasteiger partial charge in [-0.15, -0.1) is 0 Å². The van der Waals surface area contributed by atoms with Crippen LogP contribution in [0.15, 0.2) is 17.9 Å². The van der Waals surface area contributed by atoms with Crippen LogP contribution in [0.4, 0.5) is 0 Å². The highest BCUT2D eigenvalue weighted by Gasteiger charge is 2.60. The van der Waals surface area contributed by atoms with Gasteiger partial charge in [-0.25, -0.2) is 0 Å². The third-order valence-electron chi connectivity index (χ3n) is 4.33. The molecule has 23 heavy (non-hydrogen) atoms. The van der Waals surface area contributed by atoms with Crippen molar-refractivity contribution in [1.29, 1.82) is 0 Å². The molecule has 1 aromatic rings. The topological polar surface area (TPSA) is 82.1 Å². The average molecular weight is 339 g/mol. The lowest BCUT2D eigenvalue weighted by molar-refractivity contribution is -0.129.